The number of aliphatic imine (C=N–C) groups is 1. The number of rotatable bonds is 6. The lowest BCUT2D eigenvalue weighted by Crippen LogP contribution is -2.24. The van der Waals surface area contributed by atoms with E-state index >= 15 is 0 Å². The molecule has 0 fully saturated rings. The van der Waals surface area contributed by atoms with Crippen LogP contribution in [-0.2, 0) is 6.54 Å². The Kier molecular flexibility index (Phi) is 6.85. The number of guanidine groups is 1. The summed E-state index contributed by atoms with van der Waals surface area (Å²) in [5, 5.41) is 12.4. The van der Waals surface area contributed by atoms with Gasteiger partial charge in [-0.15, -0.1) is 0 Å². The zero-order valence-corrected chi connectivity index (χ0v) is 19.5. The highest BCUT2D eigenvalue weighted by atomic mass is 79.9. The number of hydrogen-bond acceptors (Lipinski definition) is 5. The van der Waals surface area contributed by atoms with Crippen molar-refractivity contribution >= 4 is 27.8 Å². The van der Waals surface area contributed by atoms with E-state index in [9.17, 15) is 5.11 Å². The molecule has 0 atom stereocenters. The Bertz CT molecular complexity index is 1260. The molecule has 0 saturated carbocycles. The lowest BCUT2D eigenvalue weighted by Gasteiger charge is -2.11. The van der Waals surface area contributed by atoms with E-state index in [0.29, 0.717) is 12.5 Å². The maximum absolute atomic E-state index is 9.41. The van der Waals surface area contributed by atoms with Gasteiger partial charge < -0.3 is 15.6 Å². The third-order valence-electron chi connectivity index (χ3n) is 4.86. The van der Waals surface area contributed by atoms with E-state index in [2.05, 4.69) is 36.2 Å². The van der Waals surface area contributed by atoms with Crippen molar-refractivity contribution in [1.29, 1.82) is 0 Å². The van der Waals surface area contributed by atoms with Crippen molar-refractivity contribution in [2.75, 3.05) is 12.4 Å². The van der Waals surface area contributed by atoms with Gasteiger partial charge in [0.1, 0.15) is 11.5 Å². The van der Waals surface area contributed by atoms with Gasteiger partial charge in [0.05, 0.1) is 25.0 Å². The van der Waals surface area contributed by atoms with Crippen LogP contribution in [0.4, 0.5) is 5.95 Å². The molecule has 0 aliphatic heterocycles. The summed E-state index contributed by atoms with van der Waals surface area (Å²) in [5.74, 6) is 1.51. The number of hydrogen-bond donors (Lipinski definition) is 3. The molecule has 166 valence electrons. The van der Waals surface area contributed by atoms with Crippen molar-refractivity contribution in [2.45, 2.75) is 6.54 Å². The van der Waals surface area contributed by atoms with Crippen molar-refractivity contribution in [2.24, 2.45) is 10.7 Å². The van der Waals surface area contributed by atoms with Crippen LogP contribution in [0.1, 0.15) is 5.56 Å². The predicted molar refractivity (Wildman–Crippen MR) is 134 cm³/mol. The van der Waals surface area contributed by atoms with E-state index in [1.807, 2.05) is 54.6 Å². The second kappa shape index (κ2) is 10.1. The molecule has 1 heterocycles. The SMILES string of the molecule is COc1ccc(-c2cc(-c3ccc(Br)cc3)nc(NC(N)=NCc3ccc(O)cc3)n2)cc1. The van der Waals surface area contributed by atoms with Crippen molar-refractivity contribution in [1.82, 2.24) is 9.97 Å². The molecule has 8 heteroatoms. The van der Waals surface area contributed by atoms with Crippen LogP contribution in [0.15, 0.2) is 88.3 Å². The molecule has 0 radical (unpaired) electrons. The Balaban J connectivity index is 1.65. The molecule has 0 unspecified atom stereocenters. The first-order chi connectivity index (χ1) is 16.0. The zero-order valence-electron chi connectivity index (χ0n) is 17.9. The molecule has 0 spiro atoms. The zero-order chi connectivity index (χ0) is 23.2. The summed E-state index contributed by atoms with van der Waals surface area (Å²) in [4.78, 5) is 13.6. The number of benzene rings is 3. The second-order valence-corrected chi connectivity index (χ2v) is 8.11. The molecule has 4 N–H and O–H groups in total. The average Bonchev–Trinajstić information content (AvgIpc) is 2.84. The topological polar surface area (TPSA) is 106 Å². The second-order valence-electron chi connectivity index (χ2n) is 7.19. The number of nitrogens with one attached hydrogen (secondary N) is 1. The van der Waals surface area contributed by atoms with Crippen molar-refractivity contribution in [3.05, 3.63) is 88.9 Å². The number of methoxy groups -OCH3 is 1. The molecule has 0 aliphatic rings. The first-order valence-corrected chi connectivity index (χ1v) is 10.9. The van der Waals surface area contributed by atoms with Crippen molar-refractivity contribution in [3.63, 3.8) is 0 Å². The molecule has 3 aromatic carbocycles. The van der Waals surface area contributed by atoms with E-state index in [-0.39, 0.29) is 11.7 Å². The lowest BCUT2D eigenvalue weighted by atomic mass is 10.1. The predicted octanol–water partition coefficient (Wildman–Crippen LogP) is 5.21. The standard InChI is InChI=1S/C25H22BrN5O2/c1-33-21-12-6-18(7-13-21)23-14-22(17-4-8-19(26)9-5-17)29-25(30-23)31-24(27)28-15-16-2-10-20(32)11-3-16/h2-14,32H,15H2,1H3,(H3,27,28,29,30,31). The van der Waals surface area contributed by atoms with Crippen molar-refractivity contribution < 1.29 is 9.84 Å². The molecule has 33 heavy (non-hydrogen) atoms. The Hall–Kier alpha value is -3.91. The number of phenolic OH excluding ortho intramolecular Hbond substituents is 1. The first-order valence-electron chi connectivity index (χ1n) is 10.1. The largest absolute Gasteiger partial charge is 0.508 e. The van der Waals surface area contributed by atoms with Gasteiger partial charge in [0.25, 0.3) is 0 Å². The van der Waals surface area contributed by atoms with Gasteiger partial charge >= 0.3 is 0 Å². The van der Waals surface area contributed by atoms with E-state index in [4.69, 9.17) is 10.5 Å². The molecule has 1 aromatic heterocycles. The third-order valence-corrected chi connectivity index (χ3v) is 5.39. The number of ether oxygens (including phenoxy) is 1. The molecule has 4 rings (SSSR count). The number of phenols is 1. The van der Waals surface area contributed by atoms with Crippen LogP contribution in [-0.4, -0.2) is 28.1 Å². The maximum Gasteiger partial charge on any atom is 0.230 e. The summed E-state index contributed by atoms with van der Waals surface area (Å²) < 4.78 is 6.25. The van der Waals surface area contributed by atoms with Gasteiger partial charge in [-0.1, -0.05) is 40.2 Å². The number of nitrogens with two attached hydrogens (primary N) is 1. The van der Waals surface area contributed by atoms with Crippen LogP contribution in [0.25, 0.3) is 22.5 Å². The molecule has 0 bridgehead atoms. The molecule has 4 aromatic rings. The van der Waals surface area contributed by atoms with Gasteiger partial charge in [-0.3, -0.25) is 5.32 Å². The van der Waals surface area contributed by atoms with Gasteiger partial charge in [-0.2, -0.15) is 0 Å². The highest BCUT2D eigenvalue weighted by molar-refractivity contribution is 9.10. The van der Waals surface area contributed by atoms with Crippen LogP contribution in [0, 0.1) is 0 Å². The minimum absolute atomic E-state index is 0.191. The first kappa shape index (κ1) is 22.3. The van der Waals surface area contributed by atoms with E-state index < -0.39 is 0 Å². The Morgan fingerprint density at radius 3 is 2.09 bits per heavy atom. The molecule has 7 nitrogen and oxygen atoms in total. The van der Waals surface area contributed by atoms with E-state index in [1.54, 1.807) is 31.4 Å². The monoisotopic (exact) mass is 503 g/mol. The quantitative estimate of drug-likeness (QED) is 0.246. The Labute approximate surface area is 200 Å². The number of aromatic hydroxyl groups is 1. The Morgan fingerprint density at radius 2 is 1.52 bits per heavy atom. The summed E-state index contributed by atoms with van der Waals surface area (Å²) >= 11 is 3.47. The minimum Gasteiger partial charge on any atom is -0.508 e. The normalized spacial score (nSPS) is 11.3. The van der Waals surface area contributed by atoms with Crippen LogP contribution in [0.5, 0.6) is 11.5 Å². The fourth-order valence-electron chi connectivity index (χ4n) is 3.11. The summed E-state index contributed by atoms with van der Waals surface area (Å²) in [6.07, 6.45) is 0. The lowest BCUT2D eigenvalue weighted by molar-refractivity contribution is 0.415. The number of aromatic nitrogens is 2. The van der Waals surface area contributed by atoms with Crippen LogP contribution in [0.3, 0.4) is 0 Å². The molecular weight excluding hydrogens is 482 g/mol. The molecular formula is C25H22BrN5O2. The van der Waals surface area contributed by atoms with Gasteiger partial charge in [0, 0.05) is 15.6 Å². The van der Waals surface area contributed by atoms with Crippen LogP contribution < -0.4 is 15.8 Å². The highest BCUT2D eigenvalue weighted by Gasteiger charge is 2.10. The summed E-state index contributed by atoms with van der Waals surface area (Å²) in [7, 11) is 1.63. The van der Waals surface area contributed by atoms with Crippen molar-refractivity contribution in [3.8, 4) is 34.0 Å². The van der Waals surface area contributed by atoms with Gasteiger partial charge in [0.2, 0.25) is 5.95 Å². The third kappa shape index (κ3) is 5.87. The summed E-state index contributed by atoms with van der Waals surface area (Å²) in [6.45, 7) is 0.358. The smallest absolute Gasteiger partial charge is 0.230 e. The van der Waals surface area contributed by atoms with Gasteiger partial charge in [0.15, 0.2) is 5.96 Å². The van der Waals surface area contributed by atoms with Crippen LogP contribution >= 0.6 is 15.9 Å². The van der Waals surface area contributed by atoms with E-state index in [1.165, 1.54) is 0 Å². The number of nitrogens with zero attached hydrogens (tertiary/aromatic N) is 3. The number of anilines is 1. The van der Waals surface area contributed by atoms with E-state index in [0.717, 1.165) is 38.3 Å². The van der Waals surface area contributed by atoms with Gasteiger partial charge in [-0.05, 0) is 60.2 Å². The average molecular weight is 504 g/mol. The van der Waals surface area contributed by atoms with Crippen LogP contribution in [0.2, 0.25) is 0 Å². The highest BCUT2D eigenvalue weighted by Crippen LogP contribution is 2.27. The minimum atomic E-state index is 0.191. The fraction of sp³-hybridized carbons (Fsp3) is 0.0800. The fourth-order valence-corrected chi connectivity index (χ4v) is 3.38. The maximum atomic E-state index is 9.41. The number of halogens is 1. The molecule has 0 saturated heterocycles. The van der Waals surface area contributed by atoms with Gasteiger partial charge in [-0.25, -0.2) is 15.0 Å². The Morgan fingerprint density at radius 1 is 0.939 bits per heavy atom. The molecule has 0 amide bonds. The molecule has 0 aliphatic carbocycles. The summed E-state index contributed by atoms with van der Waals surface area (Å²) in [6, 6.07) is 24.3. The summed E-state index contributed by atoms with van der Waals surface area (Å²) in [5.41, 5.74) is 10.4.